The molecule has 0 aliphatic carbocycles. The normalized spacial score (nSPS) is 9.52. The van der Waals surface area contributed by atoms with E-state index in [0.717, 1.165) is 48.2 Å². The van der Waals surface area contributed by atoms with Gasteiger partial charge in [-0.25, -0.2) is 0 Å². The Morgan fingerprint density at radius 2 is 0.909 bits per heavy atom. The van der Waals surface area contributed by atoms with Gasteiger partial charge in [-0.15, -0.1) is 42.5 Å². The number of aryl methyl sites for hydroxylation is 1. The number of hydrogen-bond donors (Lipinski definition) is 0. The van der Waals surface area contributed by atoms with Crippen molar-refractivity contribution in [3.8, 4) is 22.5 Å². The molecular formula is C34H22F6IrN3. The molecule has 0 N–H and O–H groups in total. The molecule has 0 amide bonds. The Bertz CT molecular complexity index is 1590. The summed E-state index contributed by atoms with van der Waals surface area (Å²) in [4.78, 5) is 11.9. The minimum Gasteiger partial charge on any atom is -0.305 e. The summed E-state index contributed by atoms with van der Waals surface area (Å²) >= 11 is 0. The quantitative estimate of drug-likeness (QED) is 0.130. The Labute approximate surface area is 264 Å². The smallest absolute Gasteiger partial charge is 0.305 e. The molecule has 3 aromatic heterocycles. The molecule has 0 aliphatic rings. The first-order valence-electron chi connectivity index (χ1n) is 12.5. The summed E-state index contributed by atoms with van der Waals surface area (Å²) in [6.07, 6.45) is 4.88. The average molecular weight is 779 g/mol. The van der Waals surface area contributed by atoms with E-state index in [1.165, 1.54) is 0 Å². The number of halogens is 6. The Morgan fingerprint density at radius 3 is 1.18 bits per heavy atom. The van der Waals surface area contributed by atoms with E-state index >= 15 is 0 Å². The van der Waals surface area contributed by atoms with E-state index in [2.05, 4.69) is 33.2 Å². The summed E-state index contributed by atoms with van der Waals surface area (Å²) in [6.45, 7) is 1.97. The minimum absolute atomic E-state index is 0. The van der Waals surface area contributed by atoms with Crippen LogP contribution in [0.4, 0.5) is 26.3 Å². The molecule has 3 heterocycles. The van der Waals surface area contributed by atoms with Crippen molar-refractivity contribution in [2.75, 3.05) is 0 Å². The third kappa shape index (κ3) is 12.3. The van der Waals surface area contributed by atoms with Gasteiger partial charge in [0.2, 0.25) is 0 Å². The fourth-order valence-electron chi connectivity index (χ4n) is 3.17. The summed E-state index contributed by atoms with van der Waals surface area (Å²) in [5.41, 5.74) is 2.34. The second-order valence-electron chi connectivity index (χ2n) is 8.35. The fraction of sp³-hybridized carbons (Fsp3) is 0.0294. The zero-order valence-electron chi connectivity index (χ0n) is 22.9. The third-order valence-electron chi connectivity index (χ3n) is 5.09. The molecule has 6 rings (SSSR count). The molecule has 0 saturated heterocycles. The van der Waals surface area contributed by atoms with E-state index in [-0.39, 0.29) is 31.2 Å². The molecule has 44 heavy (non-hydrogen) atoms. The summed E-state index contributed by atoms with van der Waals surface area (Å²) in [5.74, 6) is -3.76. The first kappa shape index (κ1) is 35.5. The van der Waals surface area contributed by atoms with Crippen molar-refractivity contribution in [1.29, 1.82) is 0 Å². The number of rotatable bonds is 2. The zero-order valence-corrected chi connectivity index (χ0v) is 25.3. The molecule has 3 nitrogen and oxygen atoms in total. The second-order valence-corrected chi connectivity index (χ2v) is 8.35. The van der Waals surface area contributed by atoms with E-state index in [9.17, 15) is 26.3 Å². The fourth-order valence-corrected chi connectivity index (χ4v) is 3.17. The maximum absolute atomic E-state index is 13.2. The van der Waals surface area contributed by atoms with Crippen LogP contribution in [0.15, 0.2) is 116 Å². The van der Waals surface area contributed by atoms with E-state index < -0.39 is 34.9 Å². The van der Waals surface area contributed by atoms with Crippen LogP contribution in [-0.2, 0) is 20.1 Å². The van der Waals surface area contributed by atoms with Crippen LogP contribution in [0.1, 0.15) is 5.69 Å². The van der Waals surface area contributed by atoms with Gasteiger partial charge >= 0.3 is 20.1 Å². The van der Waals surface area contributed by atoms with Crippen molar-refractivity contribution in [3.63, 3.8) is 0 Å². The maximum Gasteiger partial charge on any atom is 3.00 e. The molecule has 0 atom stereocenters. The van der Waals surface area contributed by atoms with Gasteiger partial charge in [0.1, 0.15) is 0 Å². The van der Waals surface area contributed by atoms with Crippen LogP contribution in [0.25, 0.3) is 22.5 Å². The number of benzene rings is 3. The third-order valence-corrected chi connectivity index (χ3v) is 5.09. The summed E-state index contributed by atoms with van der Waals surface area (Å²) in [7, 11) is 0. The predicted molar refractivity (Wildman–Crippen MR) is 151 cm³/mol. The molecule has 6 aromatic rings. The largest absolute Gasteiger partial charge is 3.00 e. The Kier molecular flexibility index (Phi) is 15.2. The molecule has 0 saturated carbocycles. The van der Waals surface area contributed by atoms with Crippen LogP contribution in [0.2, 0.25) is 0 Å². The van der Waals surface area contributed by atoms with Gasteiger partial charge in [0.05, 0.1) is 0 Å². The molecular weight excluding hydrogens is 757 g/mol. The van der Waals surface area contributed by atoms with Crippen molar-refractivity contribution in [2.45, 2.75) is 6.92 Å². The molecule has 3 aromatic carbocycles. The van der Waals surface area contributed by atoms with E-state index in [1.807, 2.05) is 25.1 Å². The molecule has 224 valence electrons. The summed E-state index contributed by atoms with van der Waals surface area (Å²) < 4.78 is 75.4. The van der Waals surface area contributed by atoms with Crippen molar-refractivity contribution >= 4 is 0 Å². The summed E-state index contributed by atoms with van der Waals surface area (Å²) in [5, 5.41) is 0. The first-order chi connectivity index (χ1) is 20.7. The summed E-state index contributed by atoms with van der Waals surface area (Å²) in [6, 6.07) is 30.1. The molecule has 0 bridgehead atoms. The Balaban J connectivity index is 0.000000212. The van der Waals surface area contributed by atoms with Gasteiger partial charge in [-0.2, -0.15) is 6.07 Å². The van der Waals surface area contributed by atoms with Gasteiger partial charge in [0.25, 0.3) is 0 Å². The molecule has 0 spiro atoms. The number of pyridine rings is 3. The van der Waals surface area contributed by atoms with Gasteiger partial charge in [-0.1, -0.05) is 53.6 Å². The van der Waals surface area contributed by atoms with Crippen molar-refractivity contribution in [3.05, 3.63) is 174 Å². The predicted octanol–water partition coefficient (Wildman–Crippen LogP) is 8.81. The molecule has 0 fully saturated rings. The van der Waals surface area contributed by atoms with Gasteiger partial charge in [0.15, 0.2) is 0 Å². The monoisotopic (exact) mass is 779 g/mol. The van der Waals surface area contributed by atoms with Crippen LogP contribution in [0.5, 0.6) is 0 Å². The number of aromatic nitrogens is 3. The topological polar surface area (TPSA) is 38.7 Å². The molecule has 0 aliphatic heterocycles. The van der Waals surface area contributed by atoms with Crippen LogP contribution < -0.4 is 0 Å². The second kappa shape index (κ2) is 18.8. The van der Waals surface area contributed by atoms with Crippen LogP contribution in [0, 0.1) is 60.0 Å². The van der Waals surface area contributed by atoms with Crippen LogP contribution >= 0.6 is 0 Å². The SMILES string of the molecule is Cc1ccccn1.Fc1c[c-]c(-c2ccccn2)c(F)c1.Fc1c[c-]c(-c2ccccn2)c(F)c1.Fc1c[c-]cc(F)c1.[Ir+3]. The minimum atomic E-state index is -0.649. The van der Waals surface area contributed by atoms with Crippen LogP contribution in [0.3, 0.4) is 0 Å². The van der Waals surface area contributed by atoms with Crippen molar-refractivity contribution in [1.82, 2.24) is 15.0 Å². The maximum atomic E-state index is 13.2. The molecule has 0 unspecified atom stereocenters. The van der Waals surface area contributed by atoms with Crippen molar-refractivity contribution in [2.24, 2.45) is 0 Å². The van der Waals surface area contributed by atoms with E-state index in [4.69, 9.17) is 0 Å². The van der Waals surface area contributed by atoms with Crippen molar-refractivity contribution < 1.29 is 46.4 Å². The average Bonchev–Trinajstić information content (AvgIpc) is 2.99. The number of nitrogens with zero attached hydrogens (tertiary/aromatic N) is 3. The van der Waals surface area contributed by atoms with Gasteiger partial charge in [-0.05, 0) is 42.6 Å². The first-order valence-corrected chi connectivity index (χ1v) is 12.5. The van der Waals surface area contributed by atoms with Gasteiger partial charge in [-0.3, -0.25) is 31.3 Å². The van der Waals surface area contributed by atoms with Gasteiger partial charge in [0, 0.05) is 59.2 Å². The van der Waals surface area contributed by atoms with Gasteiger partial charge < -0.3 is 9.97 Å². The Hall–Kier alpha value is -4.66. The molecule has 0 radical (unpaired) electrons. The van der Waals surface area contributed by atoms with E-state index in [0.29, 0.717) is 11.4 Å². The number of hydrogen-bond acceptors (Lipinski definition) is 3. The van der Waals surface area contributed by atoms with Crippen LogP contribution in [-0.4, -0.2) is 15.0 Å². The van der Waals surface area contributed by atoms with E-state index in [1.54, 1.807) is 55.0 Å². The zero-order chi connectivity index (χ0) is 31.0. The Morgan fingerprint density at radius 1 is 0.500 bits per heavy atom. The standard InChI is InChI=1S/2C11H6F2N.C6H3F2.C6H7N.Ir/c2*12-8-4-5-9(10(13)7-8)11-3-1-2-6-14-11;7-5-2-1-3-6(8)4-5;1-6-4-2-3-5-7-6;/h2*1-4,6-7H;2-4H;2-5H,1H3;/q3*-1;;+3. The molecule has 10 heteroatoms.